The SMILES string of the molecule is NC(=O)CCn1nc(-c2ccc(F)c(F)c2)c2c1CCNC2. The summed E-state index contributed by atoms with van der Waals surface area (Å²) in [6.07, 6.45) is 0.962. The van der Waals surface area contributed by atoms with Gasteiger partial charge in [-0.2, -0.15) is 5.10 Å². The van der Waals surface area contributed by atoms with Gasteiger partial charge in [0.15, 0.2) is 11.6 Å². The van der Waals surface area contributed by atoms with E-state index in [1.54, 1.807) is 4.68 Å². The predicted molar refractivity (Wildman–Crippen MR) is 76.8 cm³/mol. The van der Waals surface area contributed by atoms with Crippen molar-refractivity contribution in [3.63, 3.8) is 0 Å². The number of aromatic nitrogens is 2. The van der Waals surface area contributed by atoms with Gasteiger partial charge in [0, 0.05) is 49.3 Å². The third-order valence-corrected chi connectivity index (χ3v) is 3.77. The quantitative estimate of drug-likeness (QED) is 0.895. The first-order valence-corrected chi connectivity index (χ1v) is 7.09. The minimum absolute atomic E-state index is 0.193. The molecule has 3 N–H and O–H groups in total. The van der Waals surface area contributed by atoms with Crippen LogP contribution in [-0.4, -0.2) is 22.2 Å². The highest BCUT2D eigenvalue weighted by Gasteiger charge is 2.22. The normalized spacial score (nSPS) is 13.9. The van der Waals surface area contributed by atoms with Crippen molar-refractivity contribution in [2.75, 3.05) is 6.54 Å². The highest BCUT2D eigenvalue weighted by Crippen LogP contribution is 2.28. The van der Waals surface area contributed by atoms with Gasteiger partial charge in [0.25, 0.3) is 0 Å². The van der Waals surface area contributed by atoms with Gasteiger partial charge in [-0.25, -0.2) is 8.78 Å². The van der Waals surface area contributed by atoms with Gasteiger partial charge in [-0.05, 0) is 18.2 Å². The lowest BCUT2D eigenvalue weighted by Gasteiger charge is -2.15. The molecule has 1 aromatic carbocycles. The second kappa shape index (κ2) is 5.84. The maximum absolute atomic E-state index is 13.5. The van der Waals surface area contributed by atoms with Gasteiger partial charge in [-0.15, -0.1) is 0 Å². The largest absolute Gasteiger partial charge is 0.370 e. The van der Waals surface area contributed by atoms with Gasteiger partial charge < -0.3 is 11.1 Å². The summed E-state index contributed by atoms with van der Waals surface area (Å²) in [7, 11) is 0. The van der Waals surface area contributed by atoms with E-state index in [-0.39, 0.29) is 6.42 Å². The Bertz CT molecular complexity index is 727. The number of primary amides is 1. The first-order valence-electron chi connectivity index (χ1n) is 7.09. The molecule has 22 heavy (non-hydrogen) atoms. The number of nitrogens with two attached hydrogens (primary N) is 1. The lowest BCUT2D eigenvalue weighted by Crippen LogP contribution is -2.25. The fourth-order valence-corrected chi connectivity index (χ4v) is 2.70. The number of fused-ring (bicyclic) bond motifs is 1. The summed E-state index contributed by atoms with van der Waals surface area (Å²) in [5.41, 5.74) is 8.30. The molecule has 2 heterocycles. The second-order valence-electron chi connectivity index (χ2n) is 5.27. The van der Waals surface area contributed by atoms with E-state index in [0.717, 1.165) is 36.4 Å². The van der Waals surface area contributed by atoms with Crippen LogP contribution >= 0.6 is 0 Å². The number of hydrogen-bond donors (Lipinski definition) is 2. The van der Waals surface area contributed by atoms with Crippen LogP contribution in [0.5, 0.6) is 0 Å². The molecule has 1 amide bonds. The lowest BCUT2D eigenvalue weighted by molar-refractivity contribution is -0.118. The molecule has 2 aromatic rings. The predicted octanol–water partition coefficient (Wildman–Crippen LogP) is 1.35. The number of rotatable bonds is 4. The van der Waals surface area contributed by atoms with Crippen LogP contribution in [0.15, 0.2) is 18.2 Å². The maximum atomic E-state index is 13.5. The Morgan fingerprint density at radius 3 is 2.91 bits per heavy atom. The molecule has 0 aliphatic carbocycles. The molecule has 7 heteroatoms. The van der Waals surface area contributed by atoms with Crippen LogP contribution in [0.25, 0.3) is 11.3 Å². The van der Waals surface area contributed by atoms with E-state index in [4.69, 9.17) is 5.73 Å². The summed E-state index contributed by atoms with van der Waals surface area (Å²) in [6.45, 7) is 1.81. The number of halogens is 2. The van der Waals surface area contributed by atoms with Crippen molar-refractivity contribution >= 4 is 5.91 Å². The van der Waals surface area contributed by atoms with Crippen molar-refractivity contribution in [1.29, 1.82) is 0 Å². The van der Waals surface area contributed by atoms with Crippen molar-refractivity contribution in [3.05, 3.63) is 41.1 Å². The van der Waals surface area contributed by atoms with Gasteiger partial charge in [-0.3, -0.25) is 9.48 Å². The summed E-state index contributed by atoms with van der Waals surface area (Å²) in [6, 6.07) is 3.74. The van der Waals surface area contributed by atoms with Crippen molar-refractivity contribution in [2.24, 2.45) is 5.73 Å². The van der Waals surface area contributed by atoms with E-state index < -0.39 is 17.5 Å². The smallest absolute Gasteiger partial charge is 0.219 e. The van der Waals surface area contributed by atoms with Crippen LogP contribution in [0.3, 0.4) is 0 Å². The summed E-state index contributed by atoms with van der Waals surface area (Å²) < 4.78 is 28.3. The average Bonchev–Trinajstić information content (AvgIpc) is 2.87. The average molecular weight is 306 g/mol. The second-order valence-corrected chi connectivity index (χ2v) is 5.27. The molecule has 0 saturated carbocycles. The minimum Gasteiger partial charge on any atom is -0.370 e. The first kappa shape index (κ1) is 14.6. The number of nitrogens with one attached hydrogen (secondary N) is 1. The zero-order valence-electron chi connectivity index (χ0n) is 11.9. The Kier molecular flexibility index (Phi) is 3.89. The van der Waals surface area contributed by atoms with Gasteiger partial charge in [0.05, 0.1) is 5.69 Å². The fourth-order valence-electron chi connectivity index (χ4n) is 2.70. The molecular formula is C15H16F2N4O. The topological polar surface area (TPSA) is 72.9 Å². The van der Waals surface area contributed by atoms with Crippen LogP contribution in [0.4, 0.5) is 8.78 Å². The van der Waals surface area contributed by atoms with Crippen LogP contribution < -0.4 is 11.1 Å². The number of carbonyl (C=O) groups is 1. The van der Waals surface area contributed by atoms with Crippen LogP contribution in [0.1, 0.15) is 17.7 Å². The van der Waals surface area contributed by atoms with Gasteiger partial charge in [0.2, 0.25) is 5.91 Å². The van der Waals surface area contributed by atoms with Crippen molar-refractivity contribution < 1.29 is 13.6 Å². The summed E-state index contributed by atoms with van der Waals surface area (Å²) in [5.74, 6) is -2.18. The standard InChI is InChI=1S/C15H16F2N4O/c16-11-2-1-9(7-12(11)17)15-10-8-19-5-3-13(10)21(20-15)6-4-14(18)22/h1-2,7,19H,3-6,8H2,(H2,18,22). The summed E-state index contributed by atoms with van der Waals surface area (Å²) in [5, 5.41) is 7.73. The number of nitrogens with zero attached hydrogens (tertiary/aromatic N) is 2. The lowest BCUT2D eigenvalue weighted by atomic mass is 10.0. The van der Waals surface area contributed by atoms with Crippen LogP contribution in [0.2, 0.25) is 0 Å². The monoisotopic (exact) mass is 306 g/mol. The Labute approximate surface area is 126 Å². The fraction of sp³-hybridized carbons (Fsp3) is 0.333. The van der Waals surface area contributed by atoms with Crippen molar-refractivity contribution in [2.45, 2.75) is 25.9 Å². The van der Waals surface area contributed by atoms with E-state index in [1.807, 2.05) is 0 Å². The van der Waals surface area contributed by atoms with E-state index in [1.165, 1.54) is 6.07 Å². The Hall–Kier alpha value is -2.28. The van der Waals surface area contributed by atoms with E-state index in [2.05, 4.69) is 10.4 Å². The minimum atomic E-state index is -0.901. The van der Waals surface area contributed by atoms with E-state index in [0.29, 0.717) is 24.3 Å². The molecule has 0 bridgehead atoms. The van der Waals surface area contributed by atoms with E-state index in [9.17, 15) is 13.6 Å². The maximum Gasteiger partial charge on any atom is 0.219 e. The Morgan fingerprint density at radius 1 is 1.36 bits per heavy atom. The highest BCUT2D eigenvalue weighted by molar-refractivity contribution is 5.73. The van der Waals surface area contributed by atoms with Crippen molar-refractivity contribution in [3.8, 4) is 11.3 Å². The molecule has 5 nitrogen and oxygen atoms in total. The first-order chi connectivity index (χ1) is 10.6. The highest BCUT2D eigenvalue weighted by atomic mass is 19.2. The molecule has 0 saturated heterocycles. The molecular weight excluding hydrogens is 290 g/mol. The van der Waals surface area contributed by atoms with Crippen LogP contribution in [0, 0.1) is 11.6 Å². The van der Waals surface area contributed by atoms with Crippen LogP contribution in [-0.2, 0) is 24.3 Å². The van der Waals surface area contributed by atoms with Gasteiger partial charge in [0.1, 0.15) is 0 Å². The number of carbonyl (C=O) groups excluding carboxylic acids is 1. The number of amides is 1. The summed E-state index contributed by atoms with van der Waals surface area (Å²) in [4.78, 5) is 11.0. The zero-order chi connectivity index (χ0) is 15.7. The molecule has 1 aromatic heterocycles. The Balaban J connectivity index is 2.03. The molecule has 1 aliphatic heterocycles. The molecule has 116 valence electrons. The molecule has 0 spiro atoms. The molecule has 0 radical (unpaired) electrons. The Morgan fingerprint density at radius 2 is 2.18 bits per heavy atom. The molecule has 1 aliphatic rings. The third kappa shape index (κ3) is 2.71. The zero-order valence-corrected chi connectivity index (χ0v) is 11.9. The molecule has 3 rings (SSSR count). The number of benzene rings is 1. The van der Waals surface area contributed by atoms with Gasteiger partial charge in [-0.1, -0.05) is 0 Å². The molecule has 0 fully saturated rings. The summed E-state index contributed by atoms with van der Waals surface area (Å²) >= 11 is 0. The molecule has 0 atom stereocenters. The number of hydrogen-bond acceptors (Lipinski definition) is 3. The molecule has 0 unspecified atom stereocenters. The van der Waals surface area contributed by atoms with Gasteiger partial charge >= 0.3 is 0 Å². The van der Waals surface area contributed by atoms with E-state index >= 15 is 0 Å². The number of aryl methyl sites for hydroxylation is 1. The van der Waals surface area contributed by atoms with Crippen molar-refractivity contribution in [1.82, 2.24) is 15.1 Å². The third-order valence-electron chi connectivity index (χ3n) is 3.77.